The van der Waals surface area contributed by atoms with Crippen molar-refractivity contribution >= 4 is 54.3 Å². The van der Waals surface area contributed by atoms with Crippen molar-refractivity contribution < 1.29 is 0 Å². The molecule has 0 aliphatic heterocycles. The van der Waals surface area contributed by atoms with Gasteiger partial charge in [0.05, 0.1) is 22.2 Å². The van der Waals surface area contributed by atoms with Gasteiger partial charge in [-0.2, -0.15) is 0 Å². The largest absolute Gasteiger partial charge is 0.309 e. The molecule has 0 spiro atoms. The van der Waals surface area contributed by atoms with Crippen molar-refractivity contribution in [3.8, 4) is 72.8 Å². The zero-order valence-electron chi connectivity index (χ0n) is 36.5. The van der Waals surface area contributed by atoms with E-state index in [2.05, 4.69) is 253 Å². The van der Waals surface area contributed by atoms with E-state index in [0.717, 1.165) is 61.1 Å². The number of nitrogens with zero attached hydrogens (tertiary/aromatic N) is 3. The summed E-state index contributed by atoms with van der Waals surface area (Å²) in [6, 6.07) is 89.5. The van der Waals surface area contributed by atoms with E-state index < -0.39 is 0 Å². The molecule has 2 aromatic heterocycles. The molecule has 0 saturated heterocycles. The molecule has 67 heavy (non-hydrogen) atoms. The lowest BCUT2D eigenvalue weighted by Gasteiger charge is -2.15. The van der Waals surface area contributed by atoms with Crippen LogP contribution in [-0.2, 0) is 0 Å². The quantitative estimate of drug-likeness (QED) is 0.160. The summed E-state index contributed by atoms with van der Waals surface area (Å²) in [6.07, 6.45) is 0. The lowest BCUT2D eigenvalue weighted by molar-refractivity contribution is 1.18. The van der Waals surface area contributed by atoms with Crippen molar-refractivity contribution in [3.63, 3.8) is 0 Å². The summed E-state index contributed by atoms with van der Waals surface area (Å²) in [5.74, 6) is 0.690. The molecule has 0 aliphatic carbocycles. The van der Waals surface area contributed by atoms with Crippen LogP contribution in [0.4, 0.5) is 0 Å². The molecule has 0 bridgehead atoms. The highest BCUT2D eigenvalue weighted by atomic mass is 15.0. The first-order valence-corrected chi connectivity index (χ1v) is 22.9. The van der Waals surface area contributed by atoms with Gasteiger partial charge in [-0.15, -0.1) is 0 Å². The Hall–Kier alpha value is -8.92. The zero-order valence-corrected chi connectivity index (χ0v) is 36.5. The van der Waals surface area contributed by atoms with Gasteiger partial charge >= 0.3 is 0 Å². The molecule has 13 aromatic rings. The summed E-state index contributed by atoms with van der Waals surface area (Å²) in [4.78, 5) is 10.8. The minimum Gasteiger partial charge on any atom is -0.309 e. The third kappa shape index (κ3) is 6.59. The first-order valence-electron chi connectivity index (χ1n) is 22.9. The molecule has 11 aromatic carbocycles. The summed E-state index contributed by atoms with van der Waals surface area (Å²) in [5, 5.41) is 8.37. The first-order chi connectivity index (χ1) is 33.2. The topological polar surface area (TPSA) is 30.7 Å². The molecule has 0 aliphatic rings. The van der Waals surface area contributed by atoms with Gasteiger partial charge in [0.25, 0.3) is 0 Å². The maximum Gasteiger partial charge on any atom is 0.160 e. The maximum absolute atomic E-state index is 5.49. The first kappa shape index (κ1) is 38.5. The number of benzene rings is 11. The van der Waals surface area contributed by atoms with Gasteiger partial charge in [-0.3, -0.25) is 0 Å². The molecule has 0 unspecified atom stereocenters. The van der Waals surface area contributed by atoms with Crippen molar-refractivity contribution in [1.82, 2.24) is 14.5 Å². The average molecular weight is 852 g/mol. The van der Waals surface area contributed by atoms with Crippen LogP contribution in [-0.4, -0.2) is 14.5 Å². The molecule has 0 saturated carbocycles. The van der Waals surface area contributed by atoms with E-state index >= 15 is 0 Å². The highest BCUT2D eigenvalue weighted by Gasteiger charge is 2.23. The second-order valence-corrected chi connectivity index (χ2v) is 17.3. The Morgan fingerprint density at radius 3 is 1.25 bits per heavy atom. The minimum absolute atomic E-state index is 0.690. The van der Waals surface area contributed by atoms with Gasteiger partial charge in [0.1, 0.15) is 0 Å². The van der Waals surface area contributed by atoms with Crippen molar-refractivity contribution in [2.24, 2.45) is 0 Å². The molecule has 3 heteroatoms. The lowest BCUT2D eigenvalue weighted by Crippen LogP contribution is -1.99. The predicted molar refractivity (Wildman–Crippen MR) is 282 cm³/mol. The highest BCUT2D eigenvalue weighted by Crippen LogP contribution is 2.46. The van der Waals surface area contributed by atoms with Crippen LogP contribution in [0, 0.1) is 0 Å². The fraction of sp³-hybridized carbons (Fsp3) is 0. The van der Waals surface area contributed by atoms with Crippen LogP contribution in [0.25, 0.3) is 127 Å². The molecule has 0 atom stereocenters. The van der Waals surface area contributed by atoms with Crippen molar-refractivity contribution in [1.29, 1.82) is 0 Å². The van der Waals surface area contributed by atoms with Gasteiger partial charge in [0.2, 0.25) is 0 Å². The predicted octanol–water partition coefficient (Wildman–Crippen LogP) is 17.0. The Balaban J connectivity index is 1.11. The van der Waals surface area contributed by atoms with Crippen molar-refractivity contribution in [3.05, 3.63) is 249 Å². The summed E-state index contributed by atoms with van der Waals surface area (Å²) in [5.41, 5.74) is 16.5. The van der Waals surface area contributed by atoms with E-state index in [4.69, 9.17) is 9.97 Å². The van der Waals surface area contributed by atoms with Crippen LogP contribution < -0.4 is 0 Å². The van der Waals surface area contributed by atoms with E-state index in [1.54, 1.807) is 0 Å². The van der Waals surface area contributed by atoms with Gasteiger partial charge in [-0.1, -0.05) is 212 Å². The van der Waals surface area contributed by atoms with Gasteiger partial charge in [-0.05, 0) is 102 Å². The van der Waals surface area contributed by atoms with Crippen LogP contribution in [0.5, 0.6) is 0 Å². The standard InChI is InChI=1S/C64H41N3/c1-5-18-42(19-6-1)44-32-34-47(35-33-44)64-65-58-37-36-50(39-57(58)63(66-64)49-27-17-26-48(38-49)43-20-7-2-8-21-43)67-59-40-55(45-22-9-3-10-23-45)51-28-13-15-30-53(51)61(59)62-54-31-16-14-29-52(54)56(41-60(62)67)46-24-11-4-12-25-46/h1-41H. The Kier molecular flexibility index (Phi) is 9.17. The Labute approximate surface area is 388 Å². The SMILES string of the molecule is c1ccc(-c2ccc(-c3nc(-c4cccc(-c5ccccc5)c4)c4cc(-n5c6cc(-c7ccccc7)c7ccccc7c6c6c7ccccc7c(-c7ccccc7)cc65)ccc4n3)cc2)cc1. The molecule has 0 fully saturated rings. The van der Waals surface area contributed by atoms with Crippen LogP contribution >= 0.6 is 0 Å². The van der Waals surface area contributed by atoms with E-state index in [1.807, 2.05) is 0 Å². The number of aromatic nitrogens is 3. The number of hydrogen-bond acceptors (Lipinski definition) is 2. The molecular weight excluding hydrogens is 811 g/mol. The maximum atomic E-state index is 5.49. The van der Waals surface area contributed by atoms with Crippen LogP contribution in [0.2, 0.25) is 0 Å². The fourth-order valence-corrected chi connectivity index (χ4v) is 10.2. The van der Waals surface area contributed by atoms with Crippen molar-refractivity contribution in [2.45, 2.75) is 0 Å². The average Bonchev–Trinajstić information content (AvgIpc) is 3.75. The second-order valence-electron chi connectivity index (χ2n) is 17.3. The molecule has 0 amide bonds. The molecule has 312 valence electrons. The Morgan fingerprint density at radius 1 is 0.269 bits per heavy atom. The smallest absolute Gasteiger partial charge is 0.160 e. The second kappa shape index (κ2) is 16.0. The molecule has 0 radical (unpaired) electrons. The van der Waals surface area contributed by atoms with Crippen LogP contribution in [0.3, 0.4) is 0 Å². The minimum atomic E-state index is 0.690. The normalized spacial score (nSPS) is 11.6. The van der Waals surface area contributed by atoms with Gasteiger partial charge in [0, 0.05) is 33.0 Å². The summed E-state index contributed by atoms with van der Waals surface area (Å²) < 4.78 is 2.49. The fourth-order valence-electron chi connectivity index (χ4n) is 10.2. The highest BCUT2D eigenvalue weighted by molar-refractivity contribution is 6.31. The zero-order chi connectivity index (χ0) is 44.3. The van der Waals surface area contributed by atoms with E-state index in [1.165, 1.54) is 60.1 Å². The molecule has 13 rings (SSSR count). The monoisotopic (exact) mass is 851 g/mol. The molecular formula is C64H41N3. The Morgan fingerprint density at radius 2 is 0.701 bits per heavy atom. The number of fused-ring (bicyclic) bond motifs is 8. The van der Waals surface area contributed by atoms with Crippen LogP contribution in [0.1, 0.15) is 0 Å². The summed E-state index contributed by atoms with van der Waals surface area (Å²) in [6.45, 7) is 0. The molecule has 2 heterocycles. The third-order valence-electron chi connectivity index (χ3n) is 13.4. The van der Waals surface area contributed by atoms with Crippen LogP contribution in [0.15, 0.2) is 249 Å². The van der Waals surface area contributed by atoms with E-state index in [-0.39, 0.29) is 0 Å². The van der Waals surface area contributed by atoms with E-state index in [9.17, 15) is 0 Å². The summed E-state index contributed by atoms with van der Waals surface area (Å²) >= 11 is 0. The number of hydrogen-bond donors (Lipinski definition) is 0. The van der Waals surface area contributed by atoms with E-state index in [0.29, 0.717) is 5.82 Å². The summed E-state index contributed by atoms with van der Waals surface area (Å²) in [7, 11) is 0. The molecule has 3 nitrogen and oxygen atoms in total. The van der Waals surface area contributed by atoms with Gasteiger partial charge in [-0.25, -0.2) is 9.97 Å². The number of rotatable bonds is 7. The van der Waals surface area contributed by atoms with Crippen molar-refractivity contribution in [2.75, 3.05) is 0 Å². The molecule has 0 N–H and O–H groups in total. The lowest BCUT2D eigenvalue weighted by atomic mass is 9.92. The Bertz CT molecular complexity index is 3850. The third-order valence-corrected chi connectivity index (χ3v) is 13.4. The van der Waals surface area contributed by atoms with Gasteiger partial charge in [0.15, 0.2) is 5.82 Å². The van der Waals surface area contributed by atoms with Gasteiger partial charge < -0.3 is 4.57 Å².